The van der Waals surface area contributed by atoms with Crippen LogP contribution in [0.4, 0.5) is 0 Å². The van der Waals surface area contributed by atoms with E-state index in [4.69, 9.17) is 0 Å². The molecule has 1 aromatic heterocycles. The summed E-state index contributed by atoms with van der Waals surface area (Å²) in [5.74, 6) is 0. The van der Waals surface area contributed by atoms with Crippen LogP contribution in [0.25, 0.3) is 0 Å². The maximum Gasteiger partial charge on any atom is 0.115 e. The Bertz CT molecular complexity index is 310. The van der Waals surface area contributed by atoms with E-state index in [1.54, 1.807) is 12.4 Å². The van der Waals surface area contributed by atoms with Crippen LogP contribution in [0.1, 0.15) is 32.3 Å². The van der Waals surface area contributed by atoms with Gasteiger partial charge in [-0.2, -0.15) is 0 Å². The van der Waals surface area contributed by atoms with E-state index in [0.29, 0.717) is 0 Å². The molecule has 1 fully saturated rings. The zero-order chi connectivity index (χ0) is 9.53. The average Bonchev–Trinajstić information content (AvgIpc) is 2.16. The summed E-state index contributed by atoms with van der Waals surface area (Å²) in [5, 5.41) is 10.3. The fraction of sp³-hybridized carbons (Fsp3) is 0.600. The van der Waals surface area contributed by atoms with Crippen molar-refractivity contribution in [2.24, 2.45) is 5.41 Å². The predicted octanol–water partition coefficient (Wildman–Crippen LogP) is 1.48. The largest absolute Gasteiger partial charge is 0.384 e. The Hall–Kier alpha value is -0.960. The van der Waals surface area contributed by atoms with Gasteiger partial charge in [-0.25, -0.2) is 9.97 Å². The summed E-state index contributed by atoms with van der Waals surface area (Å²) in [5.41, 5.74) is 0.0812. The lowest BCUT2D eigenvalue weighted by Gasteiger charge is -2.52. The summed E-state index contributed by atoms with van der Waals surface area (Å²) in [6.45, 7) is 4.15. The van der Waals surface area contributed by atoms with Gasteiger partial charge in [0.1, 0.15) is 6.33 Å². The SMILES string of the molecule is CC1(C)CCC1(O)c1cncnc1. The van der Waals surface area contributed by atoms with Crippen LogP contribution in [0.3, 0.4) is 0 Å². The van der Waals surface area contributed by atoms with E-state index < -0.39 is 5.60 Å². The number of rotatable bonds is 1. The molecule has 3 nitrogen and oxygen atoms in total. The minimum Gasteiger partial charge on any atom is -0.384 e. The van der Waals surface area contributed by atoms with Gasteiger partial charge in [-0.3, -0.25) is 0 Å². The van der Waals surface area contributed by atoms with Crippen LogP contribution in [0, 0.1) is 5.41 Å². The van der Waals surface area contributed by atoms with E-state index in [0.717, 1.165) is 18.4 Å². The molecule has 0 saturated heterocycles. The van der Waals surface area contributed by atoms with Gasteiger partial charge in [0.2, 0.25) is 0 Å². The van der Waals surface area contributed by atoms with Gasteiger partial charge in [-0.15, -0.1) is 0 Å². The lowest BCUT2D eigenvalue weighted by molar-refractivity contribution is -0.156. The Kier molecular flexibility index (Phi) is 1.67. The van der Waals surface area contributed by atoms with Crippen molar-refractivity contribution in [2.45, 2.75) is 32.3 Å². The highest BCUT2D eigenvalue weighted by Crippen LogP contribution is 2.55. The normalized spacial score (nSPS) is 31.0. The highest BCUT2D eigenvalue weighted by atomic mass is 16.3. The Morgan fingerprint density at radius 3 is 2.23 bits per heavy atom. The Labute approximate surface area is 77.8 Å². The van der Waals surface area contributed by atoms with Gasteiger partial charge in [-0.1, -0.05) is 13.8 Å². The molecule has 1 aliphatic carbocycles. The second-order valence-electron chi connectivity index (χ2n) is 4.37. The Balaban J connectivity index is 2.37. The van der Waals surface area contributed by atoms with E-state index in [1.165, 1.54) is 6.33 Å². The van der Waals surface area contributed by atoms with Crippen molar-refractivity contribution in [3.05, 3.63) is 24.3 Å². The minimum atomic E-state index is -0.714. The van der Waals surface area contributed by atoms with Crippen molar-refractivity contribution in [1.82, 2.24) is 9.97 Å². The van der Waals surface area contributed by atoms with Crippen LogP contribution in [-0.4, -0.2) is 15.1 Å². The number of hydrogen-bond donors (Lipinski definition) is 1. The third-order valence-corrected chi connectivity index (χ3v) is 3.27. The summed E-state index contributed by atoms with van der Waals surface area (Å²) in [7, 11) is 0. The van der Waals surface area contributed by atoms with Gasteiger partial charge >= 0.3 is 0 Å². The third-order valence-electron chi connectivity index (χ3n) is 3.27. The van der Waals surface area contributed by atoms with E-state index >= 15 is 0 Å². The Morgan fingerprint density at radius 1 is 1.23 bits per heavy atom. The lowest BCUT2D eigenvalue weighted by atomic mass is 9.57. The van der Waals surface area contributed by atoms with E-state index in [9.17, 15) is 5.11 Å². The van der Waals surface area contributed by atoms with Gasteiger partial charge in [0, 0.05) is 18.0 Å². The first-order valence-corrected chi connectivity index (χ1v) is 4.54. The van der Waals surface area contributed by atoms with Gasteiger partial charge in [0.05, 0.1) is 5.60 Å². The van der Waals surface area contributed by atoms with E-state index in [1.807, 2.05) is 0 Å². The third kappa shape index (κ3) is 1.07. The first kappa shape index (κ1) is 8.63. The topological polar surface area (TPSA) is 46.0 Å². The molecule has 0 amide bonds. The van der Waals surface area contributed by atoms with Gasteiger partial charge < -0.3 is 5.11 Å². The fourth-order valence-electron chi connectivity index (χ4n) is 1.91. The average molecular weight is 178 g/mol. The molecule has 1 atom stereocenters. The molecule has 1 heterocycles. The van der Waals surface area contributed by atoms with Gasteiger partial charge in [0.25, 0.3) is 0 Å². The van der Waals surface area contributed by atoms with Crippen LogP contribution >= 0.6 is 0 Å². The molecule has 1 aliphatic rings. The molecule has 0 aliphatic heterocycles. The molecule has 13 heavy (non-hydrogen) atoms. The molecule has 3 heteroatoms. The first-order valence-electron chi connectivity index (χ1n) is 4.54. The number of aliphatic hydroxyl groups is 1. The monoisotopic (exact) mass is 178 g/mol. The van der Waals surface area contributed by atoms with Crippen molar-refractivity contribution < 1.29 is 5.11 Å². The molecule has 1 saturated carbocycles. The van der Waals surface area contributed by atoms with Crippen molar-refractivity contribution in [1.29, 1.82) is 0 Å². The fourth-order valence-corrected chi connectivity index (χ4v) is 1.91. The van der Waals surface area contributed by atoms with Crippen LogP contribution in [0.2, 0.25) is 0 Å². The summed E-state index contributed by atoms with van der Waals surface area (Å²) >= 11 is 0. The summed E-state index contributed by atoms with van der Waals surface area (Å²) in [4.78, 5) is 7.85. The number of hydrogen-bond acceptors (Lipinski definition) is 3. The maximum absolute atomic E-state index is 10.3. The number of nitrogens with zero attached hydrogens (tertiary/aromatic N) is 2. The number of aromatic nitrogens is 2. The first-order chi connectivity index (χ1) is 6.06. The standard InChI is InChI=1S/C10H14N2O/c1-9(2)3-4-10(9,13)8-5-11-7-12-6-8/h5-7,13H,3-4H2,1-2H3. The van der Waals surface area contributed by atoms with Gasteiger partial charge in [-0.05, 0) is 18.3 Å². The zero-order valence-electron chi connectivity index (χ0n) is 7.99. The predicted molar refractivity (Wildman–Crippen MR) is 48.9 cm³/mol. The maximum atomic E-state index is 10.3. The van der Waals surface area contributed by atoms with E-state index in [-0.39, 0.29) is 5.41 Å². The van der Waals surface area contributed by atoms with Crippen molar-refractivity contribution in [2.75, 3.05) is 0 Å². The second-order valence-corrected chi connectivity index (χ2v) is 4.37. The summed E-state index contributed by atoms with van der Waals surface area (Å²) in [6.07, 6.45) is 6.76. The molecule has 1 N–H and O–H groups in total. The molecule has 70 valence electrons. The molecular formula is C10H14N2O. The van der Waals surface area contributed by atoms with Crippen molar-refractivity contribution >= 4 is 0 Å². The summed E-state index contributed by atoms with van der Waals surface area (Å²) < 4.78 is 0. The van der Waals surface area contributed by atoms with Crippen LogP contribution in [0.5, 0.6) is 0 Å². The molecule has 2 rings (SSSR count). The van der Waals surface area contributed by atoms with Crippen molar-refractivity contribution in [3.8, 4) is 0 Å². The van der Waals surface area contributed by atoms with Crippen LogP contribution in [-0.2, 0) is 5.60 Å². The lowest BCUT2D eigenvalue weighted by Crippen LogP contribution is -2.51. The van der Waals surface area contributed by atoms with Gasteiger partial charge in [0.15, 0.2) is 0 Å². The minimum absolute atomic E-state index is 0.0439. The highest BCUT2D eigenvalue weighted by Gasteiger charge is 2.53. The molecular weight excluding hydrogens is 164 g/mol. The molecule has 1 aromatic rings. The smallest absolute Gasteiger partial charge is 0.115 e. The second kappa shape index (κ2) is 2.51. The zero-order valence-corrected chi connectivity index (χ0v) is 7.99. The molecule has 0 bridgehead atoms. The van der Waals surface area contributed by atoms with E-state index in [2.05, 4.69) is 23.8 Å². The molecule has 0 spiro atoms. The van der Waals surface area contributed by atoms with Crippen LogP contribution < -0.4 is 0 Å². The molecule has 0 aromatic carbocycles. The highest BCUT2D eigenvalue weighted by molar-refractivity contribution is 5.22. The van der Waals surface area contributed by atoms with Crippen molar-refractivity contribution in [3.63, 3.8) is 0 Å². The summed E-state index contributed by atoms with van der Waals surface area (Å²) in [6, 6.07) is 0. The molecule has 0 radical (unpaired) electrons. The van der Waals surface area contributed by atoms with Crippen LogP contribution in [0.15, 0.2) is 18.7 Å². The quantitative estimate of drug-likeness (QED) is 0.708. The Morgan fingerprint density at radius 2 is 1.85 bits per heavy atom. The molecule has 1 unspecified atom stereocenters.